The molecule has 0 radical (unpaired) electrons. The van der Waals surface area contributed by atoms with Gasteiger partial charge in [-0.25, -0.2) is 19.7 Å². The molecule has 3 aromatic heterocycles. The van der Waals surface area contributed by atoms with E-state index in [-0.39, 0.29) is 18.8 Å². The molecule has 3 heterocycles. The number of esters is 1. The van der Waals surface area contributed by atoms with Gasteiger partial charge in [0.1, 0.15) is 5.82 Å². The lowest BCUT2D eigenvalue weighted by molar-refractivity contribution is 0.0514. The number of carbonyl (C=O) groups excluding carboxylic acids is 1. The normalized spacial score (nSPS) is 11.1. The van der Waals surface area contributed by atoms with Gasteiger partial charge in [-0.1, -0.05) is 5.16 Å². The minimum Gasteiger partial charge on any atom is -0.461 e. The van der Waals surface area contributed by atoms with Gasteiger partial charge in [0.05, 0.1) is 13.2 Å². The number of aromatic nitrogens is 5. The van der Waals surface area contributed by atoms with E-state index in [1.807, 2.05) is 0 Å². The summed E-state index contributed by atoms with van der Waals surface area (Å²) in [5.41, 5.74) is 7.04. The summed E-state index contributed by atoms with van der Waals surface area (Å²) in [4.78, 5) is 24.4. The Morgan fingerprint density at radius 1 is 1.43 bits per heavy atom. The number of rotatable bonds is 4. The molecule has 10 heteroatoms. The van der Waals surface area contributed by atoms with E-state index in [9.17, 15) is 4.79 Å². The van der Waals surface area contributed by atoms with Gasteiger partial charge in [0.15, 0.2) is 33.2 Å². The minimum atomic E-state index is -0.528. The van der Waals surface area contributed by atoms with Crippen LogP contribution in [0.2, 0.25) is 0 Å². The Labute approximate surface area is 139 Å². The molecule has 0 aromatic carbocycles. The minimum absolute atomic E-state index is 0.118. The van der Waals surface area contributed by atoms with Crippen LogP contribution in [0.1, 0.15) is 29.0 Å². The van der Waals surface area contributed by atoms with E-state index in [0.717, 1.165) is 0 Å². The van der Waals surface area contributed by atoms with Gasteiger partial charge in [0.25, 0.3) is 0 Å². The maximum atomic E-state index is 11.6. The van der Waals surface area contributed by atoms with E-state index < -0.39 is 5.97 Å². The maximum absolute atomic E-state index is 11.6. The highest BCUT2D eigenvalue weighted by atomic mass is 79.9. The first kappa shape index (κ1) is 15.4. The fourth-order valence-electron chi connectivity index (χ4n) is 2.09. The van der Waals surface area contributed by atoms with Crippen LogP contribution in [0.15, 0.2) is 15.3 Å². The first-order chi connectivity index (χ1) is 11.0. The zero-order valence-corrected chi connectivity index (χ0v) is 14.0. The molecule has 23 heavy (non-hydrogen) atoms. The largest absolute Gasteiger partial charge is 0.461 e. The van der Waals surface area contributed by atoms with E-state index in [4.69, 9.17) is 15.0 Å². The molecule has 0 atom stereocenters. The van der Waals surface area contributed by atoms with Crippen LogP contribution in [0.5, 0.6) is 0 Å². The fourth-order valence-corrected chi connectivity index (χ4v) is 2.56. The van der Waals surface area contributed by atoms with E-state index in [1.165, 1.54) is 6.07 Å². The summed E-state index contributed by atoms with van der Waals surface area (Å²) in [6.45, 7) is 4.02. The van der Waals surface area contributed by atoms with E-state index in [0.29, 0.717) is 33.3 Å². The highest BCUT2D eigenvalue weighted by molar-refractivity contribution is 9.10. The smallest absolute Gasteiger partial charge is 0.360 e. The Morgan fingerprint density at radius 2 is 2.22 bits per heavy atom. The molecule has 0 fully saturated rings. The van der Waals surface area contributed by atoms with Gasteiger partial charge in [-0.15, -0.1) is 0 Å². The van der Waals surface area contributed by atoms with Gasteiger partial charge in [-0.3, -0.25) is 4.57 Å². The van der Waals surface area contributed by atoms with Crippen LogP contribution in [0.3, 0.4) is 0 Å². The number of ether oxygens (including phenoxy) is 1. The molecule has 0 aliphatic rings. The molecular formula is C13H13BrN6O3. The average molecular weight is 381 g/mol. The number of imidazole rings is 1. The number of hydrogen-bond donors (Lipinski definition) is 1. The number of halogens is 1. The van der Waals surface area contributed by atoms with Crippen LogP contribution in [-0.2, 0) is 11.3 Å². The Morgan fingerprint density at radius 3 is 2.96 bits per heavy atom. The van der Waals surface area contributed by atoms with Gasteiger partial charge < -0.3 is 15.0 Å². The zero-order valence-electron chi connectivity index (χ0n) is 12.4. The van der Waals surface area contributed by atoms with Gasteiger partial charge >= 0.3 is 5.97 Å². The third-order valence-corrected chi connectivity index (χ3v) is 3.65. The summed E-state index contributed by atoms with van der Waals surface area (Å²) in [6.07, 6.45) is 0. The van der Waals surface area contributed by atoms with Crippen LogP contribution in [-0.4, -0.2) is 37.3 Å². The van der Waals surface area contributed by atoms with Crippen LogP contribution in [0.4, 0.5) is 5.82 Å². The average Bonchev–Trinajstić information content (AvgIpc) is 3.07. The van der Waals surface area contributed by atoms with Crippen LogP contribution < -0.4 is 5.73 Å². The van der Waals surface area contributed by atoms with E-state index in [2.05, 4.69) is 36.0 Å². The van der Waals surface area contributed by atoms with Gasteiger partial charge in [0.2, 0.25) is 0 Å². The quantitative estimate of drug-likeness (QED) is 0.535. The number of fused-ring (bicyclic) bond motifs is 1. The van der Waals surface area contributed by atoms with Crippen molar-refractivity contribution in [2.24, 2.45) is 0 Å². The number of nitrogen functional groups attached to an aromatic ring is 1. The number of aryl methyl sites for hydroxylation is 1. The maximum Gasteiger partial charge on any atom is 0.360 e. The van der Waals surface area contributed by atoms with Crippen molar-refractivity contribution in [2.75, 3.05) is 12.3 Å². The molecule has 0 aliphatic heterocycles. The second kappa shape index (κ2) is 5.95. The van der Waals surface area contributed by atoms with Gasteiger partial charge in [-0.05, 0) is 29.8 Å². The van der Waals surface area contributed by atoms with Crippen molar-refractivity contribution in [1.29, 1.82) is 0 Å². The van der Waals surface area contributed by atoms with E-state index >= 15 is 0 Å². The first-order valence-corrected chi connectivity index (χ1v) is 7.57. The Hall–Kier alpha value is -2.49. The van der Waals surface area contributed by atoms with Crippen molar-refractivity contribution in [3.05, 3.63) is 28.1 Å². The first-order valence-electron chi connectivity index (χ1n) is 6.78. The van der Waals surface area contributed by atoms with Crippen molar-refractivity contribution in [3.63, 3.8) is 0 Å². The number of nitrogens with zero attached hydrogens (tertiary/aromatic N) is 5. The number of nitrogens with two attached hydrogens (primary N) is 1. The Balaban J connectivity index is 1.96. The summed E-state index contributed by atoms with van der Waals surface area (Å²) < 4.78 is 12.3. The molecule has 0 bridgehead atoms. The molecule has 3 aromatic rings. The van der Waals surface area contributed by atoms with Crippen LogP contribution in [0.25, 0.3) is 11.2 Å². The van der Waals surface area contributed by atoms with Crippen molar-refractivity contribution in [2.45, 2.75) is 20.4 Å². The highest BCUT2D eigenvalue weighted by Crippen LogP contribution is 2.23. The molecule has 0 unspecified atom stereocenters. The predicted octanol–water partition coefficient (Wildman–Crippen LogP) is 1.69. The van der Waals surface area contributed by atoms with Crippen molar-refractivity contribution in [3.8, 4) is 0 Å². The van der Waals surface area contributed by atoms with Crippen LogP contribution in [0, 0.1) is 6.92 Å². The fraction of sp³-hybridized carbons (Fsp3) is 0.308. The summed E-state index contributed by atoms with van der Waals surface area (Å²) in [5.74, 6) is 0.771. The monoisotopic (exact) mass is 380 g/mol. The SMILES string of the molecule is CCOC(=O)c1cc(Cn2c(Br)nc3c(N)nc(C)nc32)on1. The molecular weight excluding hydrogens is 368 g/mol. The summed E-state index contributed by atoms with van der Waals surface area (Å²) >= 11 is 3.36. The topological polar surface area (TPSA) is 122 Å². The van der Waals surface area contributed by atoms with Crippen molar-refractivity contribution in [1.82, 2.24) is 24.7 Å². The van der Waals surface area contributed by atoms with Crippen LogP contribution >= 0.6 is 15.9 Å². The van der Waals surface area contributed by atoms with Gasteiger partial charge in [0, 0.05) is 6.07 Å². The molecule has 2 N–H and O–H groups in total. The molecule has 120 valence electrons. The molecule has 0 aliphatic carbocycles. The van der Waals surface area contributed by atoms with Crippen molar-refractivity contribution < 1.29 is 14.1 Å². The van der Waals surface area contributed by atoms with Crippen molar-refractivity contribution >= 4 is 38.9 Å². The number of carbonyl (C=O) groups is 1. The molecule has 0 saturated heterocycles. The lowest BCUT2D eigenvalue weighted by atomic mass is 10.3. The second-order valence-corrected chi connectivity index (χ2v) is 5.40. The Bertz CT molecular complexity index is 887. The lowest BCUT2D eigenvalue weighted by Gasteiger charge is -2.02. The molecule has 0 saturated carbocycles. The highest BCUT2D eigenvalue weighted by Gasteiger charge is 2.18. The third kappa shape index (κ3) is 2.89. The lowest BCUT2D eigenvalue weighted by Crippen LogP contribution is -2.05. The summed E-state index contributed by atoms with van der Waals surface area (Å²) in [5, 5.41) is 3.70. The van der Waals surface area contributed by atoms with E-state index in [1.54, 1.807) is 18.4 Å². The summed E-state index contributed by atoms with van der Waals surface area (Å²) in [7, 11) is 0. The third-order valence-electron chi connectivity index (χ3n) is 3.04. The molecule has 9 nitrogen and oxygen atoms in total. The summed E-state index contributed by atoms with van der Waals surface area (Å²) in [6, 6.07) is 1.52. The predicted molar refractivity (Wildman–Crippen MR) is 83.7 cm³/mol. The molecule has 3 rings (SSSR count). The second-order valence-electron chi connectivity index (χ2n) is 4.69. The standard InChI is InChI=1S/C13H13BrN6O3/c1-3-22-12(21)8-4-7(23-19-8)5-20-11-9(18-13(20)14)10(15)16-6(2)17-11/h4H,3,5H2,1-2H3,(H2,15,16,17). The molecule has 0 amide bonds. The number of hydrogen-bond acceptors (Lipinski definition) is 8. The Kier molecular flexibility index (Phi) is 3.99. The zero-order chi connectivity index (χ0) is 16.6. The number of anilines is 1. The van der Waals surface area contributed by atoms with Gasteiger partial charge in [-0.2, -0.15) is 0 Å². The molecule has 0 spiro atoms.